The van der Waals surface area contributed by atoms with Crippen molar-refractivity contribution in [2.24, 2.45) is 5.92 Å². The number of rotatable bonds is 5. The van der Waals surface area contributed by atoms with Crippen molar-refractivity contribution in [3.05, 3.63) is 36.2 Å². The van der Waals surface area contributed by atoms with Crippen molar-refractivity contribution in [1.29, 1.82) is 0 Å². The summed E-state index contributed by atoms with van der Waals surface area (Å²) < 4.78 is 1.28. The van der Waals surface area contributed by atoms with E-state index in [9.17, 15) is 9.59 Å². The van der Waals surface area contributed by atoms with Gasteiger partial charge in [-0.25, -0.2) is 4.98 Å². The molecule has 8 heteroatoms. The van der Waals surface area contributed by atoms with Crippen LogP contribution in [0.2, 0.25) is 0 Å². The molecule has 8 nitrogen and oxygen atoms in total. The van der Waals surface area contributed by atoms with E-state index in [2.05, 4.69) is 20.3 Å². The fraction of sp³-hybridized carbons (Fsp3) is 0.412. The number of pyridine rings is 1. The highest BCUT2D eigenvalue weighted by Crippen LogP contribution is 2.23. The van der Waals surface area contributed by atoms with E-state index in [1.54, 1.807) is 6.07 Å². The van der Waals surface area contributed by atoms with E-state index in [1.807, 2.05) is 25.3 Å². The maximum atomic E-state index is 12.4. The van der Waals surface area contributed by atoms with Crippen molar-refractivity contribution in [2.75, 3.05) is 23.3 Å². The monoisotopic (exact) mass is 343 g/mol. The lowest BCUT2D eigenvalue weighted by Gasteiger charge is -2.32. The molecule has 1 aliphatic rings. The van der Waals surface area contributed by atoms with Gasteiger partial charge in [0.1, 0.15) is 12.4 Å². The van der Waals surface area contributed by atoms with E-state index >= 15 is 0 Å². The number of hydrogen-bond acceptors (Lipinski definition) is 5. The first-order chi connectivity index (χ1) is 12.0. The van der Waals surface area contributed by atoms with E-state index in [0.29, 0.717) is 5.82 Å². The lowest BCUT2D eigenvalue weighted by Crippen LogP contribution is -2.38. The van der Waals surface area contributed by atoms with Gasteiger partial charge in [0.15, 0.2) is 5.82 Å². The van der Waals surface area contributed by atoms with Crippen LogP contribution in [0.1, 0.15) is 18.4 Å². The summed E-state index contributed by atoms with van der Waals surface area (Å²) in [6.07, 6.45) is 4.88. The zero-order chi connectivity index (χ0) is 17.8. The molecule has 0 bridgehead atoms. The average Bonchev–Trinajstić information content (AvgIpc) is 3.02. The molecule has 0 aliphatic carbocycles. The fourth-order valence-corrected chi connectivity index (χ4v) is 2.90. The fourth-order valence-electron chi connectivity index (χ4n) is 2.90. The number of aryl methyl sites for hydroxylation is 1. The van der Waals surface area contributed by atoms with E-state index in [1.165, 1.54) is 10.9 Å². The molecule has 3 heterocycles. The average molecular weight is 343 g/mol. The third-order valence-corrected chi connectivity index (χ3v) is 4.27. The standard InChI is InChI=1S/C17H21N5O3/c1-12-2-3-15(18-10-12)21-7-4-13(5-8-21)17(25)19-14-6-9-22(20-14)11-16(23)24/h2-3,6,9-10,13H,4-5,7-8,11H2,1H3,(H,23,24)(H,19,20,25). The highest BCUT2D eigenvalue weighted by molar-refractivity contribution is 5.91. The van der Waals surface area contributed by atoms with Crippen LogP contribution in [-0.2, 0) is 16.1 Å². The van der Waals surface area contributed by atoms with Crippen molar-refractivity contribution in [2.45, 2.75) is 26.3 Å². The van der Waals surface area contributed by atoms with Gasteiger partial charge in [-0.15, -0.1) is 0 Å². The molecule has 3 rings (SSSR count). The number of aliphatic carboxylic acids is 1. The Hall–Kier alpha value is -2.90. The minimum Gasteiger partial charge on any atom is -0.480 e. The van der Waals surface area contributed by atoms with E-state index in [0.717, 1.165) is 37.3 Å². The molecule has 1 amide bonds. The van der Waals surface area contributed by atoms with Gasteiger partial charge in [-0.3, -0.25) is 14.3 Å². The van der Waals surface area contributed by atoms with Crippen molar-refractivity contribution < 1.29 is 14.7 Å². The molecule has 0 spiro atoms. The minimum atomic E-state index is -0.974. The van der Waals surface area contributed by atoms with E-state index in [-0.39, 0.29) is 18.4 Å². The summed E-state index contributed by atoms with van der Waals surface area (Å²) in [5.41, 5.74) is 1.13. The number of carbonyl (C=O) groups is 2. The van der Waals surface area contributed by atoms with Gasteiger partial charge in [0, 0.05) is 37.5 Å². The van der Waals surface area contributed by atoms with Gasteiger partial charge in [-0.2, -0.15) is 5.10 Å². The van der Waals surface area contributed by atoms with Crippen LogP contribution in [0.4, 0.5) is 11.6 Å². The van der Waals surface area contributed by atoms with Gasteiger partial charge in [-0.05, 0) is 31.4 Å². The number of nitrogens with zero attached hydrogens (tertiary/aromatic N) is 4. The first kappa shape index (κ1) is 16.9. The third-order valence-electron chi connectivity index (χ3n) is 4.27. The second-order valence-electron chi connectivity index (χ2n) is 6.24. The number of piperidine rings is 1. The zero-order valence-corrected chi connectivity index (χ0v) is 14.1. The predicted octanol–water partition coefficient (Wildman–Crippen LogP) is 1.53. The van der Waals surface area contributed by atoms with Crippen molar-refractivity contribution in [1.82, 2.24) is 14.8 Å². The Morgan fingerprint density at radius 3 is 2.68 bits per heavy atom. The third kappa shape index (κ3) is 4.34. The molecule has 1 aliphatic heterocycles. The predicted molar refractivity (Wildman–Crippen MR) is 92.4 cm³/mol. The van der Waals surface area contributed by atoms with Crippen LogP contribution in [0, 0.1) is 12.8 Å². The molecular formula is C17H21N5O3. The van der Waals surface area contributed by atoms with Gasteiger partial charge in [0.2, 0.25) is 5.91 Å². The normalized spacial score (nSPS) is 15.2. The van der Waals surface area contributed by atoms with Crippen LogP contribution in [0.25, 0.3) is 0 Å². The highest BCUT2D eigenvalue weighted by Gasteiger charge is 2.26. The van der Waals surface area contributed by atoms with Gasteiger partial charge in [-0.1, -0.05) is 6.07 Å². The zero-order valence-electron chi connectivity index (χ0n) is 14.1. The van der Waals surface area contributed by atoms with E-state index in [4.69, 9.17) is 5.11 Å². The van der Waals surface area contributed by atoms with Crippen molar-refractivity contribution in [3.8, 4) is 0 Å². The second kappa shape index (κ2) is 7.33. The molecule has 25 heavy (non-hydrogen) atoms. The second-order valence-corrected chi connectivity index (χ2v) is 6.24. The molecule has 2 aromatic heterocycles. The smallest absolute Gasteiger partial charge is 0.325 e. The Balaban J connectivity index is 1.52. The summed E-state index contributed by atoms with van der Waals surface area (Å²) in [6, 6.07) is 5.64. The Labute approximate surface area is 145 Å². The van der Waals surface area contributed by atoms with Crippen molar-refractivity contribution >= 4 is 23.5 Å². The van der Waals surface area contributed by atoms with Gasteiger partial charge >= 0.3 is 5.97 Å². The maximum absolute atomic E-state index is 12.4. The number of nitrogens with one attached hydrogen (secondary N) is 1. The summed E-state index contributed by atoms with van der Waals surface area (Å²) in [4.78, 5) is 29.6. The Morgan fingerprint density at radius 2 is 2.04 bits per heavy atom. The number of carboxylic acid groups (broad SMARTS) is 1. The largest absolute Gasteiger partial charge is 0.480 e. The van der Waals surface area contributed by atoms with Crippen LogP contribution in [0.5, 0.6) is 0 Å². The molecule has 1 fully saturated rings. The molecule has 0 atom stereocenters. The quantitative estimate of drug-likeness (QED) is 0.854. The first-order valence-electron chi connectivity index (χ1n) is 8.25. The minimum absolute atomic E-state index is 0.0721. The molecule has 1 saturated heterocycles. The number of amides is 1. The molecule has 132 valence electrons. The molecule has 0 radical (unpaired) electrons. The Kier molecular flexibility index (Phi) is 4.97. The SMILES string of the molecule is Cc1ccc(N2CCC(C(=O)Nc3ccn(CC(=O)O)n3)CC2)nc1. The van der Waals surface area contributed by atoms with Crippen LogP contribution < -0.4 is 10.2 Å². The number of carboxylic acids is 1. The molecule has 0 aromatic carbocycles. The van der Waals surface area contributed by atoms with Crippen LogP contribution in [0.15, 0.2) is 30.6 Å². The lowest BCUT2D eigenvalue weighted by atomic mass is 9.96. The topological polar surface area (TPSA) is 100 Å². The Bertz CT molecular complexity index is 748. The molecular weight excluding hydrogens is 322 g/mol. The van der Waals surface area contributed by atoms with Crippen molar-refractivity contribution in [3.63, 3.8) is 0 Å². The van der Waals surface area contributed by atoms with Crippen LogP contribution >= 0.6 is 0 Å². The number of hydrogen-bond donors (Lipinski definition) is 2. The lowest BCUT2D eigenvalue weighted by molar-refractivity contribution is -0.137. The summed E-state index contributed by atoms with van der Waals surface area (Å²) in [5, 5.41) is 15.5. The first-order valence-corrected chi connectivity index (χ1v) is 8.25. The highest BCUT2D eigenvalue weighted by atomic mass is 16.4. The Morgan fingerprint density at radius 1 is 1.28 bits per heavy atom. The number of aromatic nitrogens is 3. The maximum Gasteiger partial charge on any atom is 0.325 e. The molecule has 2 N–H and O–H groups in total. The van der Waals surface area contributed by atoms with Crippen LogP contribution in [-0.4, -0.2) is 44.8 Å². The summed E-state index contributed by atoms with van der Waals surface area (Å²) >= 11 is 0. The number of anilines is 2. The van der Waals surface area contributed by atoms with Gasteiger partial charge < -0.3 is 15.3 Å². The summed E-state index contributed by atoms with van der Waals surface area (Å²) in [5.74, 6) is 0.201. The van der Waals surface area contributed by atoms with Crippen LogP contribution in [0.3, 0.4) is 0 Å². The summed E-state index contributed by atoms with van der Waals surface area (Å²) in [6.45, 7) is 3.34. The summed E-state index contributed by atoms with van der Waals surface area (Å²) in [7, 11) is 0. The molecule has 0 saturated carbocycles. The van der Waals surface area contributed by atoms with Gasteiger partial charge in [0.05, 0.1) is 0 Å². The molecule has 2 aromatic rings. The molecule has 0 unspecified atom stereocenters. The van der Waals surface area contributed by atoms with E-state index < -0.39 is 5.97 Å². The van der Waals surface area contributed by atoms with Gasteiger partial charge in [0.25, 0.3) is 0 Å². The number of carbonyl (C=O) groups excluding carboxylic acids is 1.